The molecule has 0 amide bonds. The Morgan fingerprint density at radius 3 is 2.70 bits per heavy atom. The van der Waals surface area contributed by atoms with Gasteiger partial charge in [0.25, 0.3) is 11.4 Å². The van der Waals surface area contributed by atoms with Crippen molar-refractivity contribution in [1.82, 2.24) is 0 Å². The largest absolute Gasteiger partial charge is 0.466 e. The van der Waals surface area contributed by atoms with Crippen molar-refractivity contribution in [1.29, 1.82) is 0 Å². The molecule has 1 heterocycles. The van der Waals surface area contributed by atoms with Gasteiger partial charge in [-0.15, -0.1) is 0 Å². The summed E-state index contributed by atoms with van der Waals surface area (Å²) in [6, 6.07) is 4.70. The Labute approximate surface area is 168 Å². The van der Waals surface area contributed by atoms with Crippen molar-refractivity contribution < 1.29 is 37.5 Å². The maximum absolute atomic E-state index is 14.0. The fraction of sp³-hybridized carbons (Fsp3) is 0.526. The van der Waals surface area contributed by atoms with Crippen LogP contribution in [0.5, 0.6) is 0 Å². The van der Waals surface area contributed by atoms with Crippen molar-refractivity contribution >= 4 is 23.2 Å². The molecular formula is C19H19F3N2O6. The van der Waals surface area contributed by atoms with Crippen LogP contribution in [0.3, 0.4) is 0 Å². The lowest BCUT2D eigenvalue weighted by atomic mass is 9.64. The first kappa shape index (κ1) is 21.9. The molecule has 2 aliphatic rings. The van der Waals surface area contributed by atoms with Gasteiger partial charge in [-0.1, -0.05) is 12.1 Å². The van der Waals surface area contributed by atoms with E-state index in [-0.39, 0.29) is 37.1 Å². The van der Waals surface area contributed by atoms with E-state index in [0.29, 0.717) is 0 Å². The number of nitrogens with zero attached hydrogens (tertiary/aromatic N) is 2. The first-order valence-electron chi connectivity index (χ1n) is 9.32. The Kier molecular flexibility index (Phi) is 5.68. The summed E-state index contributed by atoms with van der Waals surface area (Å²) in [5, 5.41) is 21.8. The minimum atomic E-state index is -5.35. The number of fused-ring (bicyclic) bond motifs is 1. The number of benzene rings is 1. The average Bonchev–Trinajstić information content (AvgIpc) is 2.66. The van der Waals surface area contributed by atoms with E-state index in [9.17, 15) is 38.0 Å². The zero-order valence-electron chi connectivity index (χ0n) is 15.9. The van der Waals surface area contributed by atoms with E-state index in [1.165, 1.54) is 19.1 Å². The zero-order chi connectivity index (χ0) is 22.3. The second-order valence-corrected chi connectivity index (χ2v) is 7.23. The van der Waals surface area contributed by atoms with Crippen molar-refractivity contribution in [3.8, 4) is 0 Å². The molecule has 1 fully saturated rings. The molecule has 4 unspecified atom stereocenters. The highest BCUT2D eigenvalue weighted by Crippen LogP contribution is 2.52. The standard InChI is InChI=1S/C19H19F3N2O6/c1-2-30-17(26)16-14(10-5-3-6-11(9-10)24(28)29)15-12(7-4-8-13(15)25)23-18(16,27)19(20,21)22/h3,5-6,9,14-16,27H,2,4,7-8H2,1H3. The fourth-order valence-corrected chi connectivity index (χ4v) is 4.22. The van der Waals surface area contributed by atoms with Crippen LogP contribution in [0, 0.1) is 22.0 Å². The summed E-state index contributed by atoms with van der Waals surface area (Å²) in [5.41, 5.74) is -4.45. The van der Waals surface area contributed by atoms with Gasteiger partial charge in [0.2, 0.25) is 0 Å². The fourth-order valence-electron chi connectivity index (χ4n) is 4.22. The second-order valence-electron chi connectivity index (χ2n) is 7.23. The summed E-state index contributed by atoms with van der Waals surface area (Å²) in [4.78, 5) is 39.2. The molecule has 1 N–H and O–H groups in total. The number of non-ortho nitro benzene ring substituents is 1. The normalized spacial score (nSPS) is 29.0. The monoisotopic (exact) mass is 428 g/mol. The van der Waals surface area contributed by atoms with Gasteiger partial charge >= 0.3 is 12.1 Å². The number of alkyl halides is 3. The second kappa shape index (κ2) is 7.78. The molecule has 8 nitrogen and oxygen atoms in total. The third-order valence-corrected chi connectivity index (χ3v) is 5.45. The van der Waals surface area contributed by atoms with Gasteiger partial charge in [-0.25, -0.2) is 4.99 Å². The smallest absolute Gasteiger partial charge is 0.439 e. The van der Waals surface area contributed by atoms with Crippen LogP contribution in [0.25, 0.3) is 0 Å². The molecule has 1 aliphatic carbocycles. The molecule has 11 heteroatoms. The average molecular weight is 428 g/mol. The molecule has 162 valence electrons. The zero-order valence-corrected chi connectivity index (χ0v) is 15.9. The van der Waals surface area contributed by atoms with Gasteiger partial charge in [-0.05, 0) is 25.3 Å². The number of ketones is 1. The van der Waals surface area contributed by atoms with Gasteiger partial charge in [-0.3, -0.25) is 19.7 Å². The Morgan fingerprint density at radius 1 is 1.40 bits per heavy atom. The molecule has 1 saturated carbocycles. The SMILES string of the molecule is CCOC(=O)C1C(c2cccc([N+](=O)[O-])c2)C2C(=O)CCCC2=NC1(O)C(F)(F)F. The lowest BCUT2D eigenvalue weighted by Gasteiger charge is -2.46. The van der Waals surface area contributed by atoms with Crippen LogP contribution in [0.1, 0.15) is 37.7 Å². The minimum Gasteiger partial charge on any atom is -0.466 e. The number of aliphatic hydroxyl groups is 1. The molecule has 0 bridgehead atoms. The van der Waals surface area contributed by atoms with Crippen molar-refractivity contribution in [2.24, 2.45) is 16.8 Å². The Morgan fingerprint density at radius 2 is 2.10 bits per heavy atom. The highest BCUT2D eigenvalue weighted by Gasteiger charge is 2.68. The summed E-state index contributed by atoms with van der Waals surface area (Å²) in [7, 11) is 0. The van der Waals surface area contributed by atoms with Crippen LogP contribution in [0.15, 0.2) is 29.3 Å². The molecule has 30 heavy (non-hydrogen) atoms. The number of ether oxygens (including phenoxy) is 1. The van der Waals surface area contributed by atoms with E-state index < -0.39 is 52.0 Å². The predicted octanol–water partition coefficient (Wildman–Crippen LogP) is 2.93. The lowest BCUT2D eigenvalue weighted by Crippen LogP contribution is -2.61. The van der Waals surface area contributed by atoms with Crippen molar-refractivity contribution in [2.75, 3.05) is 6.61 Å². The van der Waals surface area contributed by atoms with Gasteiger partial charge in [0.1, 0.15) is 11.7 Å². The quantitative estimate of drug-likeness (QED) is 0.447. The molecular weight excluding hydrogens is 409 g/mol. The van der Waals surface area contributed by atoms with E-state index >= 15 is 0 Å². The summed E-state index contributed by atoms with van der Waals surface area (Å²) in [5.74, 6) is -6.84. The van der Waals surface area contributed by atoms with Crippen LogP contribution in [0.2, 0.25) is 0 Å². The topological polar surface area (TPSA) is 119 Å². The van der Waals surface area contributed by atoms with E-state index in [2.05, 4.69) is 4.99 Å². The maximum Gasteiger partial charge on any atom is 0.439 e. The number of halogens is 3. The van der Waals surface area contributed by atoms with Crippen molar-refractivity contribution in [3.05, 3.63) is 39.9 Å². The number of aliphatic imine (C=N–C) groups is 1. The first-order chi connectivity index (χ1) is 14.0. The van der Waals surface area contributed by atoms with Crippen LogP contribution in [-0.4, -0.2) is 46.0 Å². The lowest BCUT2D eigenvalue weighted by molar-refractivity contribution is -0.385. The van der Waals surface area contributed by atoms with E-state index in [1.54, 1.807) is 0 Å². The van der Waals surface area contributed by atoms with E-state index in [0.717, 1.165) is 12.1 Å². The van der Waals surface area contributed by atoms with Gasteiger partial charge in [0.05, 0.1) is 17.4 Å². The molecule has 3 rings (SSSR count). The Hall–Kier alpha value is -2.82. The maximum atomic E-state index is 14.0. The number of esters is 1. The summed E-state index contributed by atoms with van der Waals surface area (Å²) >= 11 is 0. The van der Waals surface area contributed by atoms with Crippen LogP contribution < -0.4 is 0 Å². The molecule has 0 radical (unpaired) electrons. The number of nitro benzene ring substituents is 1. The summed E-state index contributed by atoms with van der Waals surface area (Å²) in [6.07, 6.45) is -4.99. The molecule has 1 aromatic carbocycles. The Bertz CT molecular complexity index is 916. The number of carbonyl (C=O) groups is 2. The van der Waals surface area contributed by atoms with E-state index in [1.807, 2.05) is 0 Å². The van der Waals surface area contributed by atoms with Crippen LogP contribution >= 0.6 is 0 Å². The number of hydrogen-bond donors (Lipinski definition) is 1. The highest BCUT2D eigenvalue weighted by molar-refractivity contribution is 6.09. The summed E-state index contributed by atoms with van der Waals surface area (Å²) < 4.78 is 46.7. The molecule has 1 aromatic rings. The predicted molar refractivity (Wildman–Crippen MR) is 96.7 cm³/mol. The number of carbonyl (C=O) groups excluding carboxylic acids is 2. The third kappa shape index (κ3) is 3.57. The van der Waals surface area contributed by atoms with Crippen molar-refractivity contribution in [2.45, 2.75) is 44.0 Å². The Balaban J connectivity index is 2.29. The van der Waals surface area contributed by atoms with E-state index in [4.69, 9.17) is 4.74 Å². The number of rotatable bonds is 4. The number of nitro groups is 1. The number of hydrogen-bond acceptors (Lipinski definition) is 7. The van der Waals surface area contributed by atoms with Gasteiger partial charge in [0, 0.05) is 30.2 Å². The minimum absolute atomic E-state index is 0.0375. The highest BCUT2D eigenvalue weighted by atomic mass is 19.4. The summed E-state index contributed by atoms with van der Waals surface area (Å²) in [6.45, 7) is 1.12. The molecule has 0 spiro atoms. The van der Waals surface area contributed by atoms with Crippen molar-refractivity contribution in [3.63, 3.8) is 0 Å². The van der Waals surface area contributed by atoms with Gasteiger partial charge < -0.3 is 9.84 Å². The van der Waals surface area contributed by atoms with Gasteiger partial charge in [-0.2, -0.15) is 13.2 Å². The molecule has 0 aromatic heterocycles. The molecule has 0 saturated heterocycles. The van der Waals surface area contributed by atoms with Crippen LogP contribution in [0.4, 0.5) is 18.9 Å². The van der Waals surface area contributed by atoms with Crippen LogP contribution in [-0.2, 0) is 14.3 Å². The first-order valence-corrected chi connectivity index (χ1v) is 9.32. The number of Topliss-reactive ketones (excluding diaryl/α,β-unsaturated/α-hetero) is 1. The molecule has 4 atom stereocenters. The van der Waals surface area contributed by atoms with Gasteiger partial charge in [0.15, 0.2) is 0 Å². The third-order valence-electron chi connectivity index (χ3n) is 5.45. The molecule has 1 aliphatic heterocycles.